The molecular formula is C11H15N3O3. The maximum absolute atomic E-state index is 11.3. The third-order valence-corrected chi connectivity index (χ3v) is 2.34. The third kappa shape index (κ3) is 3.25. The molecule has 0 saturated carbocycles. The summed E-state index contributed by atoms with van der Waals surface area (Å²) < 4.78 is 0. The lowest BCUT2D eigenvalue weighted by molar-refractivity contribution is -0.385. The molecule has 6 nitrogen and oxygen atoms in total. The second kappa shape index (κ2) is 5.40. The summed E-state index contributed by atoms with van der Waals surface area (Å²) in [6.07, 6.45) is 0.567. The standard InChI is InChI=1S/C11H15N3O3/c1-3-8-4-5-9(6-10(8)14(16)17)13-11(15)7(2)12/h4-7H,3,12H2,1-2H3,(H,13,15)/t7-/m0/s1. The lowest BCUT2D eigenvalue weighted by Gasteiger charge is -2.08. The predicted molar refractivity (Wildman–Crippen MR) is 64.8 cm³/mol. The van der Waals surface area contributed by atoms with Crippen molar-refractivity contribution in [3.05, 3.63) is 33.9 Å². The van der Waals surface area contributed by atoms with E-state index in [1.807, 2.05) is 6.92 Å². The summed E-state index contributed by atoms with van der Waals surface area (Å²) in [7, 11) is 0. The van der Waals surface area contributed by atoms with E-state index in [1.165, 1.54) is 6.07 Å². The van der Waals surface area contributed by atoms with E-state index in [2.05, 4.69) is 5.32 Å². The van der Waals surface area contributed by atoms with E-state index in [9.17, 15) is 14.9 Å². The molecule has 0 fully saturated rings. The highest BCUT2D eigenvalue weighted by molar-refractivity contribution is 5.94. The molecule has 17 heavy (non-hydrogen) atoms. The highest BCUT2D eigenvalue weighted by Gasteiger charge is 2.15. The summed E-state index contributed by atoms with van der Waals surface area (Å²) in [4.78, 5) is 21.7. The number of carbonyl (C=O) groups excluding carboxylic acids is 1. The SMILES string of the molecule is CCc1ccc(NC(=O)[C@H](C)N)cc1[N+](=O)[O-]. The van der Waals surface area contributed by atoms with Crippen LogP contribution in [0.5, 0.6) is 0 Å². The molecule has 1 rings (SSSR count). The van der Waals surface area contributed by atoms with Crippen molar-refractivity contribution in [3.63, 3.8) is 0 Å². The van der Waals surface area contributed by atoms with Gasteiger partial charge in [-0.05, 0) is 19.4 Å². The van der Waals surface area contributed by atoms with E-state index in [0.717, 1.165) is 0 Å². The van der Waals surface area contributed by atoms with Crippen molar-refractivity contribution in [1.29, 1.82) is 0 Å². The number of nitrogens with zero attached hydrogens (tertiary/aromatic N) is 1. The highest BCUT2D eigenvalue weighted by atomic mass is 16.6. The van der Waals surface area contributed by atoms with Gasteiger partial charge in [0.2, 0.25) is 5.91 Å². The molecule has 0 bridgehead atoms. The van der Waals surface area contributed by atoms with Gasteiger partial charge in [0.05, 0.1) is 11.0 Å². The lowest BCUT2D eigenvalue weighted by Crippen LogP contribution is -2.32. The van der Waals surface area contributed by atoms with Crippen LogP contribution in [-0.2, 0) is 11.2 Å². The third-order valence-electron chi connectivity index (χ3n) is 2.34. The van der Waals surface area contributed by atoms with Gasteiger partial charge in [0.1, 0.15) is 0 Å². The Balaban J connectivity index is 3.00. The fourth-order valence-electron chi connectivity index (χ4n) is 1.37. The Kier molecular flexibility index (Phi) is 4.17. The molecule has 1 aromatic rings. The maximum atomic E-state index is 11.3. The van der Waals surface area contributed by atoms with Gasteiger partial charge in [-0.25, -0.2) is 0 Å². The number of nitro groups is 1. The number of anilines is 1. The number of hydrogen-bond acceptors (Lipinski definition) is 4. The average molecular weight is 237 g/mol. The van der Waals surface area contributed by atoms with Crippen molar-refractivity contribution >= 4 is 17.3 Å². The summed E-state index contributed by atoms with van der Waals surface area (Å²) in [6.45, 7) is 3.38. The van der Waals surface area contributed by atoms with E-state index in [1.54, 1.807) is 19.1 Å². The molecule has 0 unspecified atom stereocenters. The molecule has 1 amide bonds. The van der Waals surface area contributed by atoms with Crippen LogP contribution in [0.1, 0.15) is 19.4 Å². The molecule has 0 heterocycles. The quantitative estimate of drug-likeness (QED) is 0.611. The van der Waals surface area contributed by atoms with Gasteiger partial charge >= 0.3 is 0 Å². The minimum absolute atomic E-state index is 0.00924. The largest absolute Gasteiger partial charge is 0.324 e. The maximum Gasteiger partial charge on any atom is 0.274 e. The Morgan fingerprint density at radius 3 is 2.71 bits per heavy atom. The number of hydrogen-bond donors (Lipinski definition) is 2. The van der Waals surface area contributed by atoms with Crippen LogP contribution >= 0.6 is 0 Å². The number of nitrogens with one attached hydrogen (secondary N) is 1. The van der Waals surface area contributed by atoms with E-state index >= 15 is 0 Å². The average Bonchev–Trinajstić information content (AvgIpc) is 2.28. The minimum atomic E-state index is -0.653. The Morgan fingerprint density at radius 2 is 2.24 bits per heavy atom. The fourth-order valence-corrected chi connectivity index (χ4v) is 1.37. The van der Waals surface area contributed by atoms with Crippen LogP contribution in [0.15, 0.2) is 18.2 Å². The Labute approximate surface area is 99.0 Å². The first-order valence-electron chi connectivity index (χ1n) is 5.29. The topological polar surface area (TPSA) is 98.3 Å². The first-order valence-corrected chi connectivity index (χ1v) is 5.29. The highest BCUT2D eigenvalue weighted by Crippen LogP contribution is 2.23. The van der Waals surface area contributed by atoms with Crippen molar-refractivity contribution in [2.24, 2.45) is 5.73 Å². The molecule has 0 aliphatic carbocycles. The molecule has 92 valence electrons. The zero-order valence-electron chi connectivity index (χ0n) is 9.77. The van der Waals surface area contributed by atoms with E-state index < -0.39 is 11.0 Å². The van der Waals surface area contributed by atoms with Gasteiger partial charge in [-0.1, -0.05) is 13.0 Å². The molecule has 6 heteroatoms. The first-order chi connectivity index (χ1) is 7.95. The summed E-state index contributed by atoms with van der Waals surface area (Å²) >= 11 is 0. The number of nitrogens with two attached hydrogens (primary N) is 1. The van der Waals surface area contributed by atoms with Gasteiger partial charge in [-0.15, -0.1) is 0 Å². The molecule has 3 N–H and O–H groups in total. The number of nitro benzene ring substituents is 1. The molecule has 0 aliphatic rings. The molecule has 1 aromatic carbocycles. The van der Waals surface area contributed by atoms with Gasteiger partial charge in [-0.3, -0.25) is 14.9 Å². The Hall–Kier alpha value is -1.95. The number of benzene rings is 1. The number of aryl methyl sites for hydroxylation is 1. The number of amides is 1. The van der Waals surface area contributed by atoms with E-state index in [4.69, 9.17) is 5.73 Å². The molecule has 0 aromatic heterocycles. The van der Waals surface area contributed by atoms with Gasteiger partial charge in [0, 0.05) is 17.3 Å². The predicted octanol–water partition coefficient (Wildman–Crippen LogP) is 1.44. The molecule has 1 atom stereocenters. The van der Waals surface area contributed by atoms with Gasteiger partial charge in [0.15, 0.2) is 0 Å². The summed E-state index contributed by atoms with van der Waals surface area (Å²) in [5.74, 6) is -0.372. The smallest absolute Gasteiger partial charge is 0.274 e. The number of rotatable bonds is 4. The zero-order valence-corrected chi connectivity index (χ0v) is 9.77. The molecule has 0 radical (unpaired) electrons. The van der Waals surface area contributed by atoms with Crippen LogP contribution in [0.4, 0.5) is 11.4 Å². The summed E-state index contributed by atoms with van der Waals surface area (Å²) in [5, 5.41) is 13.3. The van der Waals surface area contributed by atoms with Crippen LogP contribution in [0, 0.1) is 10.1 Å². The first kappa shape index (κ1) is 13.1. The van der Waals surface area contributed by atoms with Crippen molar-refractivity contribution in [1.82, 2.24) is 0 Å². The summed E-state index contributed by atoms with van der Waals surface area (Å²) in [5.41, 5.74) is 6.42. The van der Waals surface area contributed by atoms with Gasteiger partial charge in [-0.2, -0.15) is 0 Å². The van der Waals surface area contributed by atoms with E-state index in [-0.39, 0.29) is 11.6 Å². The van der Waals surface area contributed by atoms with Crippen LogP contribution in [0.25, 0.3) is 0 Å². The summed E-state index contributed by atoms with van der Waals surface area (Å²) in [6, 6.07) is 3.96. The van der Waals surface area contributed by atoms with Gasteiger partial charge < -0.3 is 11.1 Å². The normalized spacial score (nSPS) is 11.9. The molecule has 0 spiro atoms. The van der Waals surface area contributed by atoms with E-state index in [0.29, 0.717) is 17.7 Å². The van der Waals surface area contributed by atoms with Crippen molar-refractivity contribution in [3.8, 4) is 0 Å². The zero-order chi connectivity index (χ0) is 13.0. The second-order valence-electron chi connectivity index (χ2n) is 3.73. The lowest BCUT2D eigenvalue weighted by atomic mass is 10.1. The Morgan fingerprint density at radius 1 is 1.59 bits per heavy atom. The minimum Gasteiger partial charge on any atom is -0.324 e. The number of carbonyl (C=O) groups is 1. The van der Waals surface area contributed by atoms with Crippen molar-refractivity contribution in [2.45, 2.75) is 26.3 Å². The molecule has 0 saturated heterocycles. The van der Waals surface area contributed by atoms with Crippen LogP contribution < -0.4 is 11.1 Å². The molecule has 0 aliphatic heterocycles. The van der Waals surface area contributed by atoms with Crippen molar-refractivity contribution < 1.29 is 9.72 Å². The van der Waals surface area contributed by atoms with Crippen LogP contribution in [-0.4, -0.2) is 16.9 Å². The van der Waals surface area contributed by atoms with Gasteiger partial charge in [0.25, 0.3) is 5.69 Å². The molecular weight excluding hydrogens is 222 g/mol. The van der Waals surface area contributed by atoms with Crippen LogP contribution in [0.3, 0.4) is 0 Å². The Bertz CT molecular complexity index is 444. The second-order valence-corrected chi connectivity index (χ2v) is 3.73. The fraction of sp³-hybridized carbons (Fsp3) is 0.364. The van der Waals surface area contributed by atoms with Crippen LogP contribution in [0.2, 0.25) is 0 Å². The monoisotopic (exact) mass is 237 g/mol. The van der Waals surface area contributed by atoms with Crippen molar-refractivity contribution in [2.75, 3.05) is 5.32 Å².